The van der Waals surface area contributed by atoms with Crippen molar-refractivity contribution in [3.8, 4) is 0 Å². The van der Waals surface area contributed by atoms with Crippen molar-refractivity contribution < 1.29 is 4.42 Å². The molecule has 0 atom stereocenters. The molecule has 2 nitrogen and oxygen atoms in total. The Hall–Kier alpha value is -1.78. The number of furan rings is 1. The van der Waals surface area contributed by atoms with E-state index in [4.69, 9.17) is 4.42 Å². The number of anilines is 2. The van der Waals surface area contributed by atoms with Crippen molar-refractivity contribution in [2.45, 2.75) is 0 Å². The summed E-state index contributed by atoms with van der Waals surface area (Å²) in [5.74, 6) is 0. The average molecular weight is 417 g/mol. The Balaban J connectivity index is 1.84. The molecule has 0 spiro atoms. The van der Waals surface area contributed by atoms with Gasteiger partial charge in [0.1, 0.15) is 11.2 Å². The number of hydrogen-bond acceptors (Lipinski definition) is 2. The Labute approximate surface area is 144 Å². The maximum absolute atomic E-state index is 5.86. The molecule has 4 aromatic rings. The molecule has 0 aliphatic heterocycles. The Morgan fingerprint density at radius 1 is 0.727 bits per heavy atom. The summed E-state index contributed by atoms with van der Waals surface area (Å²) >= 11 is 7.15. The fourth-order valence-corrected chi connectivity index (χ4v) is 3.76. The quantitative estimate of drug-likeness (QED) is 0.386. The lowest BCUT2D eigenvalue weighted by molar-refractivity contribution is 0.669. The van der Waals surface area contributed by atoms with Crippen LogP contribution >= 0.6 is 31.9 Å². The van der Waals surface area contributed by atoms with Crippen molar-refractivity contribution in [3.05, 3.63) is 69.6 Å². The predicted molar refractivity (Wildman–Crippen MR) is 98.8 cm³/mol. The van der Waals surface area contributed by atoms with Crippen LogP contribution in [0.25, 0.3) is 21.9 Å². The molecule has 4 rings (SSSR count). The van der Waals surface area contributed by atoms with E-state index in [1.807, 2.05) is 48.5 Å². The van der Waals surface area contributed by atoms with E-state index in [2.05, 4.69) is 49.3 Å². The lowest BCUT2D eigenvalue weighted by Crippen LogP contribution is -1.92. The summed E-state index contributed by atoms with van der Waals surface area (Å²) in [6.45, 7) is 0. The molecular formula is C18H11Br2NO. The second kappa shape index (κ2) is 5.45. The zero-order chi connectivity index (χ0) is 15.1. The summed E-state index contributed by atoms with van der Waals surface area (Å²) in [5.41, 5.74) is 3.84. The van der Waals surface area contributed by atoms with E-state index in [1.165, 1.54) is 0 Å². The smallest absolute Gasteiger partial charge is 0.135 e. The first-order chi connectivity index (χ1) is 10.7. The molecule has 1 aromatic heterocycles. The van der Waals surface area contributed by atoms with Crippen molar-refractivity contribution in [2.24, 2.45) is 0 Å². The molecule has 1 heterocycles. The highest BCUT2D eigenvalue weighted by atomic mass is 79.9. The Bertz CT molecular complexity index is 971. The number of para-hydroxylation sites is 2. The van der Waals surface area contributed by atoms with Gasteiger partial charge in [-0.25, -0.2) is 0 Å². The fourth-order valence-electron chi connectivity index (χ4n) is 2.57. The molecule has 0 fully saturated rings. The fraction of sp³-hybridized carbons (Fsp3) is 0. The Morgan fingerprint density at radius 3 is 2.27 bits per heavy atom. The van der Waals surface area contributed by atoms with Gasteiger partial charge in [0.05, 0.1) is 5.69 Å². The summed E-state index contributed by atoms with van der Waals surface area (Å²) in [6.07, 6.45) is 0. The zero-order valence-electron chi connectivity index (χ0n) is 11.4. The van der Waals surface area contributed by atoms with E-state index in [9.17, 15) is 0 Å². The second-order valence-corrected chi connectivity index (χ2v) is 6.74. The van der Waals surface area contributed by atoms with Crippen molar-refractivity contribution in [1.29, 1.82) is 0 Å². The van der Waals surface area contributed by atoms with E-state index in [0.29, 0.717) is 0 Å². The van der Waals surface area contributed by atoms with Gasteiger partial charge in [-0.1, -0.05) is 24.3 Å². The minimum atomic E-state index is 0.901. The zero-order valence-corrected chi connectivity index (χ0v) is 14.6. The minimum absolute atomic E-state index is 0.901. The van der Waals surface area contributed by atoms with E-state index >= 15 is 0 Å². The number of hydrogen-bond donors (Lipinski definition) is 1. The van der Waals surface area contributed by atoms with Gasteiger partial charge >= 0.3 is 0 Å². The van der Waals surface area contributed by atoms with Gasteiger partial charge in [0.25, 0.3) is 0 Å². The van der Waals surface area contributed by atoms with Crippen molar-refractivity contribution >= 4 is 65.2 Å². The van der Waals surface area contributed by atoms with Crippen LogP contribution < -0.4 is 5.32 Å². The highest BCUT2D eigenvalue weighted by molar-refractivity contribution is 9.11. The van der Waals surface area contributed by atoms with Crippen LogP contribution in [0, 0.1) is 0 Å². The summed E-state index contributed by atoms with van der Waals surface area (Å²) in [4.78, 5) is 0. The molecule has 0 saturated heterocycles. The number of rotatable bonds is 2. The predicted octanol–water partition coefficient (Wildman–Crippen LogP) is 6.85. The maximum Gasteiger partial charge on any atom is 0.135 e. The molecule has 0 saturated carbocycles. The number of fused-ring (bicyclic) bond motifs is 3. The van der Waals surface area contributed by atoms with Crippen molar-refractivity contribution in [2.75, 3.05) is 5.32 Å². The third-order valence-electron chi connectivity index (χ3n) is 3.61. The molecule has 0 amide bonds. The first-order valence-electron chi connectivity index (χ1n) is 6.85. The van der Waals surface area contributed by atoms with Gasteiger partial charge in [-0.3, -0.25) is 0 Å². The van der Waals surface area contributed by atoms with Gasteiger partial charge in [0.2, 0.25) is 0 Å². The molecule has 4 heteroatoms. The SMILES string of the molecule is Brc1cccc(Br)c1Nc1ccc2oc3ccccc3c2c1. The van der Waals surface area contributed by atoms with E-state index < -0.39 is 0 Å². The van der Waals surface area contributed by atoms with Gasteiger partial charge in [-0.2, -0.15) is 0 Å². The lowest BCUT2D eigenvalue weighted by atomic mass is 10.1. The number of nitrogens with one attached hydrogen (secondary N) is 1. The van der Waals surface area contributed by atoms with Gasteiger partial charge in [-0.05, 0) is 68.3 Å². The third kappa shape index (κ3) is 2.32. The molecule has 0 unspecified atom stereocenters. The van der Waals surface area contributed by atoms with Crippen LogP contribution in [0.4, 0.5) is 11.4 Å². The Morgan fingerprint density at radius 2 is 1.45 bits per heavy atom. The standard InChI is InChI=1S/C18H11Br2NO/c19-14-5-3-6-15(20)18(14)21-11-8-9-17-13(10-11)12-4-1-2-7-16(12)22-17/h1-10,21H. The number of halogens is 2. The molecule has 0 aliphatic carbocycles. The van der Waals surface area contributed by atoms with Crippen LogP contribution in [0.1, 0.15) is 0 Å². The first-order valence-corrected chi connectivity index (χ1v) is 8.43. The van der Waals surface area contributed by atoms with Gasteiger partial charge in [0.15, 0.2) is 0 Å². The Kier molecular flexibility index (Phi) is 3.43. The summed E-state index contributed by atoms with van der Waals surface area (Å²) in [6, 6.07) is 20.3. The summed E-state index contributed by atoms with van der Waals surface area (Å²) < 4.78 is 7.88. The van der Waals surface area contributed by atoms with Crippen LogP contribution in [0.2, 0.25) is 0 Å². The monoisotopic (exact) mass is 415 g/mol. The minimum Gasteiger partial charge on any atom is -0.456 e. The summed E-state index contributed by atoms with van der Waals surface area (Å²) in [7, 11) is 0. The summed E-state index contributed by atoms with van der Waals surface area (Å²) in [5, 5.41) is 5.70. The average Bonchev–Trinajstić information content (AvgIpc) is 2.89. The van der Waals surface area contributed by atoms with Gasteiger partial charge in [0, 0.05) is 25.4 Å². The van der Waals surface area contributed by atoms with Crippen LogP contribution in [0.15, 0.2) is 74.0 Å². The van der Waals surface area contributed by atoms with Crippen LogP contribution in [-0.4, -0.2) is 0 Å². The highest BCUT2D eigenvalue weighted by Gasteiger charge is 2.09. The van der Waals surface area contributed by atoms with Crippen molar-refractivity contribution in [3.63, 3.8) is 0 Å². The van der Waals surface area contributed by atoms with E-state index in [-0.39, 0.29) is 0 Å². The largest absolute Gasteiger partial charge is 0.456 e. The van der Waals surface area contributed by atoms with Crippen LogP contribution in [0.5, 0.6) is 0 Å². The lowest BCUT2D eigenvalue weighted by Gasteiger charge is -2.10. The van der Waals surface area contributed by atoms with E-state index in [1.54, 1.807) is 0 Å². The second-order valence-electron chi connectivity index (χ2n) is 5.03. The van der Waals surface area contributed by atoms with Gasteiger partial charge in [-0.15, -0.1) is 0 Å². The van der Waals surface area contributed by atoms with Gasteiger partial charge < -0.3 is 9.73 Å². The molecular weight excluding hydrogens is 406 g/mol. The van der Waals surface area contributed by atoms with Crippen molar-refractivity contribution in [1.82, 2.24) is 0 Å². The molecule has 0 bridgehead atoms. The van der Waals surface area contributed by atoms with Crippen LogP contribution in [0.3, 0.4) is 0 Å². The van der Waals surface area contributed by atoms with Crippen LogP contribution in [-0.2, 0) is 0 Å². The molecule has 1 N–H and O–H groups in total. The third-order valence-corrected chi connectivity index (χ3v) is 4.93. The topological polar surface area (TPSA) is 25.2 Å². The maximum atomic E-state index is 5.86. The molecule has 108 valence electrons. The van der Waals surface area contributed by atoms with E-state index in [0.717, 1.165) is 42.3 Å². The molecule has 22 heavy (non-hydrogen) atoms. The molecule has 0 radical (unpaired) electrons. The number of benzene rings is 3. The molecule has 0 aliphatic rings. The highest BCUT2D eigenvalue weighted by Crippen LogP contribution is 2.35. The molecule has 3 aromatic carbocycles. The normalized spacial score (nSPS) is 11.2. The first kappa shape index (κ1) is 13.9.